The highest BCUT2D eigenvalue weighted by atomic mass is 32.2. The molecule has 0 bridgehead atoms. The van der Waals surface area contributed by atoms with Gasteiger partial charge < -0.3 is 10.1 Å². The van der Waals surface area contributed by atoms with Crippen LogP contribution in [0.3, 0.4) is 0 Å². The predicted molar refractivity (Wildman–Crippen MR) is 116 cm³/mol. The Labute approximate surface area is 184 Å². The van der Waals surface area contributed by atoms with Gasteiger partial charge in [0, 0.05) is 30.3 Å². The fourth-order valence-corrected chi connectivity index (χ4v) is 4.85. The summed E-state index contributed by atoms with van der Waals surface area (Å²) in [6.07, 6.45) is 0. The Morgan fingerprint density at radius 2 is 1.59 bits per heavy atom. The molecule has 0 aliphatic carbocycles. The van der Waals surface area contributed by atoms with E-state index in [1.54, 1.807) is 30.3 Å². The van der Waals surface area contributed by atoms with E-state index >= 15 is 0 Å². The largest absolute Gasteiger partial charge is 0.379 e. The smallest absolute Gasteiger partial charge is 0.255 e. The number of hydrogen-bond acceptors (Lipinski definition) is 4. The van der Waals surface area contributed by atoms with Crippen molar-refractivity contribution in [2.45, 2.75) is 4.90 Å². The molecule has 1 amide bonds. The number of amides is 1. The van der Waals surface area contributed by atoms with Gasteiger partial charge in [-0.3, -0.25) is 4.79 Å². The van der Waals surface area contributed by atoms with Crippen LogP contribution in [0, 0.1) is 11.6 Å². The van der Waals surface area contributed by atoms with Crippen LogP contribution >= 0.6 is 0 Å². The number of halogens is 2. The summed E-state index contributed by atoms with van der Waals surface area (Å²) in [5.41, 5.74) is 0.706. The summed E-state index contributed by atoms with van der Waals surface area (Å²) < 4.78 is 60.3. The molecule has 1 aliphatic heterocycles. The first-order valence-electron chi connectivity index (χ1n) is 9.90. The number of carbonyl (C=O) groups is 1. The van der Waals surface area contributed by atoms with Gasteiger partial charge in [0.2, 0.25) is 10.0 Å². The summed E-state index contributed by atoms with van der Waals surface area (Å²) >= 11 is 0. The lowest BCUT2D eigenvalue weighted by Gasteiger charge is -2.26. The van der Waals surface area contributed by atoms with Crippen molar-refractivity contribution in [1.82, 2.24) is 4.31 Å². The molecule has 0 spiro atoms. The van der Waals surface area contributed by atoms with Gasteiger partial charge in [-0.15, -0.1) is 0 Å². The topological polar surface area (TPSA) is 75.7 Å². The van der Waals surface area contributed by atoms with Crippen LogP contribution in [0.15, 0.2) is 71.6 Å². The van der Waals surface area contributed by atoms with E-state index in [4.69, 9.17) is 4.74 Å². The molecule has 166 valence electrons. The zero-order valence-electron chi connectivity index (χ0n) is 16.9. The average molecular weight is 458 g/mol. The second-order valence-corrected chi connectivity index (χ2v) is 9.11. The molecule has 32 heavy (non-hydrogen) atoms. The first-order chi connectivity index (χ1) is 15.4. The van der Waals surface area contributed by atoms with Gasteiger partial charge in [0.15, 0.2) is 0 Å². The van der Waals surface area contributed by atoms with E-state index in [1.807, 2.05) is 0 Å². The number of rotatable bonds is 5. The number of nitrogens with one attached hydrogen (secondary N) is 1. The summed E-state index contributed by atoms with van der Waals surface area (Å²) in [5.74, 6) is -2.33. The van der Waals surface area contributed by atoms with Crippen LogP contribution in [0.5, 0.6) is 0 Å². The van der Waals surface area contributed by atoms with Crippen LogP contribution in [-0.2, 0) is 14.8 Å². The van der Waals surface area contributed by atoms with Crippen LogP contribution in [0.2, 0.25) is 0 Å². The third-order valence-electron chi connectivity index (χ3n) is 5.10. The second-order valence-electron chi connectivity index (χ2n) is 7.17. The highest BCUT2D eigenvalue weighted by Crippen LogP contribution is 2.32. The van der Waals surface area contributed by atoms with Crippen molar-refractivity contribution in [1.29, 1.82) is 0 Å². The monoisotopic (exact) mass is 458 g/mol. The Bertz CT molecular complexity index is 1230. The van der Waals surface area contributed by atoms with Gasteiger partial charge in [0.1, 0.15) is 11.6 Å². The molecule has 3 aromatic carbocycles. The van der Waals surface area contributed by atoms with Crippen molar-refractivity contribution in [2.75, 3.05) is 31.6 Å². The molecule has 1 aliphatic rings. The highest BCUT2D eigenvalue weighted by Gasteiger charge is 2.26. The molecule has 1 fully saturated rings. The first kappa shape index (κ1) is 22.1. The van der Waals surface area contributed by atoms with Crippen molar-refractivity contribution < 1.29 is 26.7 Å². The molecule has 1 heterocycles. The molecule has 1 saturated heterocycles. The van der Waals surface area contributed by atoms with Crippen LogP contribution in [0.25, 0.3) is 11.1 Å². The molecule has 3 aromatic rings. The zero-order chi connectivity index (χ0) is 22.7. The number of ether oxygens (including phenoxy) is 1. The second kappa shape index (κ2) is 9.15. The molecular weight excluding hydrogens is 438 g/mol. The minimum atomic E-state index is -3.70. The number of morpholine rings is 1. The van der Waals surface area contributed by atoms with E-state index in [0.29, 0.717) is 24.8 Å². The Hall–Kier alpha value is -3.14. The normalized spacial score (nSPS) is 14.8. The quantitative estimate of drug-likeness (QED) is 0.629. The fraction of sp³-hybridized carbons (Fsp3) is 0.174. The maximum Gasteiger partial charge on any atom is 0.255 e. The van der Waals surface area contributed by atoms with Crippen molar-refractivity contribution in [2.24, 2.45) is 0 Å². The van der Waals surface area contributed by atoms with Gasteiger partial charge in [-0.05, 0) is 35.9 Å². The lowest BCUT2D eigenvalue weighted by molar-refractivity contribution is 0.0730. The van der Waals surface area contributed by atoms with E-state index in [1.165, 1.54) is 28.6 Å². The summed E-state index contributed by atoms with van der Waals surface area (Å²) in [7, 11) is -3.70. The Kier molecular flexibility index (Phi) is 6.31. The number of hydrogen-bond donors (Lipinski definition) is 1. The third-order valence-corrected chi connectivity index (χ3v) is 7.02. The predicted octanol–water partition coefficient (Wildman–Crippen LogP) is 3.91. The van der Waals surface area contributed by atoms with E-state index < -0.39 is 27.6 Å². The summed E-state index contributed by atoms with van der Waals surface area (Å²) in [6, 6.07) is 15.8. The number of nitrogens with zero attached hydrogens (tertiary/aromatic N) is 1. The number of sulfonamides is 1. The summed E-state index contributed by atoms with van der Waals surface area (Å²) in [4.78, 5) is 12.8. The maximum atomic E-state index is 14.5. The van der Waals surface area contributed by atoms with Gasteiger partial charge in [-0.1, -0.05) is 30.3 Å². The molecule has 0 saturated carbocycles. The van der Waals surface area contributed by atoms with Crippen molar-refractivity contribution in [3.8, 4) is 11.1 Å². The van der Waals surface area contributed by atoms with Gasteiger partial charge in [0.25, 0.3) is 5.91 Å². The summed E-state index contributed by atoms with van der Waals surface area (Å²) in [6.45, 7) is 1.17. The lowest BCUT2D eigenvalue weighted by Crippen LogP contribution is -2.40. The number of anilines is 1. The molecule has 0 radical (unpaired) electrons. The average Bonchev–Trinajstić information content (AvgIpc) is 2.81. The van der Waals surface area contributed by atoms with Gasteiger partial charge in [-0.2, -0.15) is 4.31 Å². The maximum absolute atomic E-state index is 14.5. The summed E-state index contributed by atoms with van der Waals surface area (Å²) in [5, 5.41) is 2.49. The van der Waals surface area contributed by atoms with Crippen LogP contribution < -0.4 is 5.32 Å². The number of benzene rings is 3. The molecule has 0 aromatic heterocycles. The SMILES string of the molecule is O=C(Nc1c(F)cc(F)cc1-c1ccccc1)c1ccc(S(=O)(=O)N2CCOCC2)cc1. The van der Waals surface area contributed by atoms with E-state index in [-0.39, 0.29) is 34.8 Å². The van der Waals surface area contributed by atoms with E-state index in [2.05, 4.69) is 5.32 Å². The molecule has 9 heteroatoms. The minimum absolute atomic E-state index is 0.0499. The molecule has 0 unspecified atom stereocenters. The first-order valence-corrected chi connectivity index (χ1v) is 11.3. The lowest BCUT2D eigenvalue weighted by atomic mass is 10.0. The molecule has 4 rings (SSSR count). The molecule has 0 atom stereocenters. The third kappa shape index (κ3) is 4.55. The van der Waals surface area contributed by atoms with Gasteiger partial charge in [-0.25, -0.2) is 17.2 Å². The Balaban J connectivity index is 1.59. The van der Waals surface area contributed by atoms with E-state index in [0.717, 1.165) is 6.07 Å². The Morgan fingerprint density at radius 1 is 0.938 bits per heavy atom. The number of carbonyl (C=O) groups excluding carboxylic acids is 1. The zero-order valence-corrected chi connectivity index (χ0v) is 17.7. The fourth-order valence-electron chi connectivity index (χ4n) is 3.45. The van der Waals surface area contributed by atoms with E-state index in [9.17, 15) is 22.0 Å². The van der Waals surface area contributed by atoms with Crippen LogP contribution in [0.4, 0.5) is 14.5 Å². The van der Waals surface area contributed by atoms with Crippen molar-refractivity contribution in [3.63, 3.8) is 0 Å². The van der Waals surface area contributed by atoms with Crippen LogP contribution in [0.1, 0.15) is 10.4 Å². The Morgan fingerprint density at radius 3 is 2.25 bits per heavy atom. The standard InChI is InChI=1S/C23H20F2N2O4S/c24-18-14-20(16-4-2-1-3-5-16)22(21(25)15-18)26-23(28)17-6-8-19(9-7-17)32(29,30)27-10-12-31-13-11-27/h1-9,14-15H,10-13H2,(H,26,28). The molecule has 6 nitrogen and oxygen atoms in total. The van der Waals surface area contributed by atoms with Crippen molar-refractivity contribution >= 4 is 21.6 Å². The minimum Gasteiger partial charge on any atom is -0.379 e. The van der Waals surface area contributed by atoms with Gasteiger partial charge in [0.05, 0.1) is 23.8 Å². The van der Waals surface area contributed by atoms with Crippen LogP contribution in [-0.4, -0.2) is 44.9 Å². The van der Waals surface area contributed by atoms with Gasteiger partial charge >= 0.3 is 0 Å². The molecule has 1 N–H and O–H groups in total. The van der Waals surface area contributed by atoms with Crippen molar-refractivity contribution in [3.05, 3.63) is 83.9 Å². The highest BCUT2D eigenvalue weighted by molar-refractivity contribution is 7.89. The molecular formula is C23H20F2N2O4S.